The molecule has 0 saturated carbocycles. The first-order chi connectivity index (χ1) is 18.0. The van der Waals surface area contributed by atoms with Crippen molar-refractivity contribution >= 4 is 27.5 Å². The van der Waals surface area contributed by atoms with Gasteiger partial charge in [-0.2, -0.15) is 0 Å². The van der Waals surface area contributed by atoms with Crippen LogP contribution < -0.4 is 4.90 Å². The van der Waals surface area contributed by atoms with E-state index in [2.05, 4.69) is 19.9 Å². The van der Waals surface area contributed by atoms with Gasteiger partial charge in [0.15, 0.2) is 5.82 Å². The second kappa shape index (κ2) is 9.03. The Bertz CT molecular complexity index is 1660. The van der Waals surface area contributed by atoms with E-state index < -0.39 is 5.82 Å². The highest BCUT2D eigenvalue weighted by Gasteiger charge is 2.30. The van der Waals surface area contributed by atoms with Gasteiger partial charge in [0.25, 0.3) is 0 Å². The minimum Gasteiger partial charge on any atom is -0.508 e. The Morgan fingerprint density at radius 1 is 1.11 bits per heavy atom. The molecule has 2 aromatic carbocycles. The summed E-state index contributed by atoms with van der Waals surface area (Å²) < 4.78 is 31.0. The Balaban J connectivity index is 1.57. The van der Waals surface area contributed by atoms with Crippen molar-refractivity contribution in [2.45, 2.75) is 39.2 Å². The highest BCUT2D eigenvalue weighted by Crippen LogP contribution is 2.41. The summed E-state index contributed by atoms with van der Waals surface area (Å²) in [4.78, 5) is 20.1. The largest absolute Gasteiger partial charge is 0.508 e. The van der Waals surface area contributed by atoms with Crippen LogP contribution in [0.5, 0.6) is 5.75 Å². The molecule has 6 rings (SSSR count). The van der Waals surface area contributed by atoms with Crippen molar-refractivity contribution in [3.63, 3.8) is 0 Å². The first kappa shape index (κ1) is 23.2. The van der Waals surface area contributed by atoms with E-state index in [4.69, 9.17) is 4.98 Å². The van der Waals surface area contributed by atoms with Crippen molar-refractivity contribution in [1.82, 2.24) is 19.9 Å². The zero-order valence-corrected chi connectivity index (χ0v) is 20.5. The molecule has 1 unspecified atom stereocenters. The molecular formula is C29H25F2N5O. The second-order valence-electron chi connectivity index (χ2n) is 9.39. The van der Waals surface area contributed by atoms with Crippen LogP contribution in [-0.4, -0.2) is 31.6 Å². The third kappa shape index (κ3) is 3.84. The first-order valence-corrected chi connectivity index (χ1v) is 12.4. The Kier molecular flexibility index (Phi) is 5.67. The highest BCUT2D eigenvalue weighted by molar-refractivity contribution is 6.01. The number of pyridine rings is 2. The van der Waals surface area contributed by atoms with Crippen molar-refractivity contribution in [2.24, 2.45) is 0 Å². The molecule has 1 fully saturated rings. The Morgan fingerprint density at radius 3 is 2.76 bits per heavy atom. The fourth-order valence-electron chi connectivity index (χ4n) is 5.53. The van der Waals surface area contributed by atoms with Crippen LogP contribution in [0, 0.1) is 18.6 Å². The zero-order chi connectivity index (χ0) is 25.7. The lowest BCUT2D eigenvalue weighted by atomic mass is 9.94. The molecule has 1 N–H and O–H groups in total. The molecule has 1 atom stereocenters. The quantitative estimate of drug-likeness (QED) is 0.308. The number of hydrogen-bond donors (Lipinski definition) is 1. The Morgan fingerprint density at radius 2 is 1.97 bits per heavy atom. The number of hydrogen-bond acceptors (Lipinski definition) is 6. The van der Waals surface area contributed by atoms with E-state index in [0.29, 0.717) is 45.3 Å². The maximum atomic E-state index is 16.3. The molecule has 0 bridgehead atoms. The fraction of sp³-hybridized carbons (Fsp3) is 0.241. The maximum absolute atomic E-state index is 16.3. The van der Waals surface area contributed by atoms with E-state index in [0.717, 1.165) is 24.9 Å². The SMILES string of the molecule is CCc1c(F)ccc2cc(O)cc(-c3ncc4c(N5CCCC5c5cccnc5)nc(C)nc4c3F)c12. The van der Waals surface area contributed by atoms with Crippen LogP contribution in [0.25, 0.3) is 32.9 Å². The number of rotatable bonds is 4. The van der Waals surface area contributed by atoms with Crippen molar-refractivity contribution in [3.8, 4) is 17.0 Å². The molecule has 3 aromatic heterocycles. The zero-order valence-electron chi connectivity index (χ0n) is 20.5. The van der Waals surface area contributed by atoms with Gasteiger partial charge in [-0.15, -0.1) is 0 Å². The molecule has 4 heterocycles. The van der Waals surface area contributed by atoms with Crippen LogP contribution in [0.4, 0.5) is 14.6 Å². The van der Waals surface area contributed by atoms with Crippen molar-refractivity contribution in [3.05, 3.63) is 83.6 Å². The van der Waals surface area contributed by atoms with Gasteiger partial charge in [0.1, 0.15) is 34.4 Å². The summed E-state index contributed by atoms with van der Waals surface area (Å²) in [6, 6.07) is 9.96. The summed E-state index contributed by atoms with van der Waals surface area (Å²) in [5.41, 5.74) is 2.02. The molecule has 8 heteroatoms. The summed E-state index contributed by atoms with van der Waals surface area (Å²) in [7, 11) is 0. The van der Waals surface area contributed by atoms with Crippen molar-refractivity contribution in [1.29, 1.82) is 0 Å². The van der Waals surface area contributed by atoms with Gasteiger partial charge < -0.3 is 10.0 Å². The molecule has 1 aliphatic heterocycles. The van der Waals surface area contributed by atoms with Crippen LogP contribution in [0.15, 0.2) is 55.0 Å². The molecule has 1 saturated heterocycles. The van der Waals surface area contributed by atoms with Gasteiger partial charge in [0, 0.05) is 30.7 Å². The van der Waals surface area contributed by atoms with Crippen LogP contribution in [0.3, 0.4) is 0 Å². The molecule has 6 nitrogen and oxygen atoms in total. The molecule has 186 valence electrons. The number of benzene rings is 2. The van der Waals surface area contributed by atoms with Gasteiger partial charge in [-0.3, -0.25) is 9.97 Å². The number of aromatic hydroxyl groups is 1. The van der Waals surface area contributed by atoms with Gasteiger partial charge in [-0.05, 0) is 72.4 Å². The number of aromatic nitrogens is 4. The average Bonchev–Trinajstić information content (AvgIpc) is 3.39. The Hall–Kier alpha value is -4.20. The van der Waals surface area contributed by atoms with E-state index in [1.165, 1.54) is 12.1 Å². The fourth-order valence-corrected chi connectivity index (χ4v) is 5.53. The average molecular weight is 498 g/mol. The van der Waals surface area contributed by atoms with E-state index in [1.807, 2.05) is 25.3 Å². The highest BCUT2D eigenvalue weighted by atomic mass is 19.1. The molecule has 0 amide bonds. The summed E-state index contributed by atoms with van der Waals surface area (Å²) in [5.74, 6) is 0.0244. The number of anilines is 1. The Labute approximate surface area is 212 Å². The summed E-state index contributed by atoms with van der Waals surface area (Å²) in [6.45, 7) is 4.35. The van der Waals surface area contributed by atoms with Crippen molar-refractivity contribution < 1.29 is 13.9 Å². The van der Waals surface area contributed by atoms with E-state index in [-0.39, 0.29) is 28.8 Å². The predicted molar refractivity (Wildman–Crippen MR) is 140 cm³/mol. The number of aryl methyl sites for hydroxylation is 2. The summed E-state index contributed by atoms with van der Waals surface area (Å²) in [5, 5.41) is 12.1. The molecule has 0 radical (unpaired) electrons. The third-order valence-electron chi connectivity index (χ3n) is 7.13. The lowest BCUT2D eigenvalue weighted by Gasteiger charge is -2.27. The van der Waals surface area contributed by atoms with Gasteiger partial charge >= 0.3 is 0 Å². The molecular weight excluding hydrogens is 472 g/mol. The minimum absolute atomic E-state index is 0.0166. The topological polar surface area (TPSA) is 75.0 Å². The number of nitrogens with zero attached hydrogens (tertiary/aromatic N) is 5. The van der Waals surface area contributed by atoms with Crippen molar-refractivity contribution in [2.75, 3.05) is 11.4 Å². The molecule has 37 heavy (non-hydrogen) atoms. The first-order valence-electron chi connectivity index (χ1n) is 12.4. The number of phenols is 1. The lowest BCUT2D eigenvalue weighted by Crippen LogP contribution is -2.24. The number of phenolic OH excluding ortho intramolecular Hbond substituents is 1. The van der Waals surface area contributed by atoms with Gasteiger partial charge in [0.05, 0.1) is 11.4 Å². The van der Waals surface area contributed by atoms with Crippen LogP contribution in [-0.2, 0) is 6.42 Å². The summed E-state index contributed by atoms with van der Waals surface area (Å²) >= 11 is 0. The third-order valence-corrected chi connectivity index (χ3v) is 7.13. The molecule has 5 aromatic rings. The van der Waals surface area contributed by atoms with E-state index in [9.17, 15) is 9.50 Å². The van der Waals surface area contributed by atoms with Crippen LogP contribution in [0.2, 0.25) is 0 Å². The smallest absolute Gasteiger partial charge is 0.175 e. The normalized spacial score (nSPS) is 15.7. The molecule has 0 spiro atoms. The summed E-state index contributed by atoms with van der Waals surface area (Å²) in [6.07, 6.45) is 7.50. The monoisotopic (exact) mass is 497 g/mol. The maximum Gasteiger partial charge on any atom is 0.175 e. The second-order valence-corrected chi connectivity index (χ2v) is 9.39. The number of halogens is 2. The molecule has 1 aliphatic rings. The molecule has 0 aliphatic carbocycles. The van der Waals surface area contributed by atoms with Crippen LogP contribution >= 0.6 is 0 Å². The lowest BCUT2D eigenvalue weighted by molar-refractivity contribution is 0.476. The standard InChI is InChI=1S/C29H25F2N5O/c1-3-20-23(30)9-8-17-12-19(37)13-21(25(17)20)27-26(31)28-22(15-33-27)29(35-16(2)34-28)36-11-5-7-24(36)18-6-4-10-32-14-18/h4,6,8-10,12-15,24,37H,3,5,7,11H2,1-2H3. The van der Waals surface area contributed by atoms with Gasteiger partial charge in [-0.1, -0.05) is 19.1 Å². The van der Waals surface area contributed by atoms with E-state index >= 15 is 4.39 Å². The minimum atomic E-state index is -0.625. The number of fused-ring (bicyclic) bond motifs is 2. The van der Waals surface area contributed by atoms with Gasteiger partial charge in [0.2, 0.25) is 0 Å². The van der Waals surface area contributed by atoms with E-state index in [1.54, 1.807) is 31.5 Å². The van der Waals surface area contributed by atoms with Gasteiger partial charge in [-0.25, -0.2) is 18.7 Å². The van der Waals surface area contributed by atoms with Crippen LogP contribution in [0.1, 0.15) is 42.8 Å². The predicted octanol–water partition coefficient (Wildman–Crippen LogP) is 6.44.